The Morgan fingerprint density at radius 3 is 2.68 bits per heavy atom. The predicted octanol–water partition coefficient (Wildman–Crippen LogP) is 3.60. The standard InChI is InChI=1S/C18H24N2O2/c1-18(2,3)10-9-15(17(21)22)20-12-14-7-4-6-13-8-5-11-19-16(13)14/h4-8,11,15,20H,9-10,12H2,1-3H3,(H,21,22). The van der Waals surface area contributed by atoms with Crippen molar-refractivity contribution in [3.63, 3.8) is 0 Å². The fraction of sp³-hybridized carbons (Fsp3) is 0.444. The molecule has 0 aliphatic rings. The molecule has 0 bridgehead atoms. The quantitative estimate of drug-likeness (QED) is 0.855. The number of carboxylic acids is 1. The van der Waals surface area contributed by atoms with Gasteiger partial charge in [0, 0.05) is 18.1 Å². The number of rotatable bonds is 6. The summed E-state index contributed by atoms with van der Waals surface area (Å²) in [6.07, 6.45) is 3.25. The molecule has 2 aromatic rings. The molecule has 0 saturated heterocycles. The van der Waals surface area contributed by atoms with Crippen LogP contribution in [-0.4, -0.2) is 22.1 Å². The van der Waals surface area contributed by atoms with E-state index in [-0.39, 0.29) is 5.41 Å². The third-order valence-electron chi connectivity index (χ3n) is 3.74. The maximum Gasteiger partial charge on any atom is 0.320 e. The molecule has 2 N–H and O–H groups in total. The van der Waals surface area contributed by atoms with E-state index >= 15 is 0 Å². The Morgan fingerprint density at radius 2 is 2.00 bits per heavy atom. The van der Waals surface area contributed by atoms with E-state index in [4.69, 9.17) is 0 Å². The van der Waals surface area contributed by atoms with Gasteiger partial charge in [-0.25, -0.2) is 0 Å². The van der Waals surface area contributed by atoms with E-state index < -0.39 is 12.0 Å². The maximum atomic E-state index is 11.4. The molecule has 4 nitrogen and oxygen atoms in total. The second kappa shape index (κ2) is 6.88. The minimum absolute atomic E-state index is 0.135. The lowest BCUT2D eigenvalue weighted by Crippen LogP contribution is -2.37. The van der Waals surface area contributed by atoms with Gasteiger partial charge in [-0.15, -0.1) is 0 Å². The zero-order valence-electron chi connectivity index (χ0n) is 13.5. The van der Waals surface area contributed by atoms with Gasteiger partial charge in [-0.1, -0.05) is 45.0 Å². The highest BCUT2D eigenvalue weighted by Gasteiger charge is 2.20. The van der Waals surface area contributed by atoms with E-state index in [1.54, 1.807) is 6.20 Å². The fourth-order valence-electron chi connectivity index (χ4n) is 2.43. The van der Waals surface area contributed by atoms with E-state index in [0.717, 1.165) is 22.9 Å². The van der Waals surface area contributed by atoms with Gasteiger partial charge in [0.05, 0.1) is 5.52 Å². The van der Waals surface area contributed by atoms with Gasteiger partial charge in [0.2, 0.25) is 0 Å². The highest BCUT2D eigenvalue weighted by Crippen LogP contribution is 2.22. The van der Waals surface area contributed by atoms with Crippen LogP contribution in [-0.2, 0) is 11.3 Å². The first-order chi connectivity index (χ1) is 10.4. The van der Waals surface area contributed by atoms with Crippen molar-refractivity contribution in [2.24, 2.45) is 5.41 Å². The Hall–Kier alpha value is -1.94. The first-order valence-electron chi connectivity index (χ1n) is 7.66. The fourth-order valence-corrected chi connectivity index (χ4v) is 2.43. The third kappa shape index (κ3) is 4.53. The number of nitrogens with one attached hydrogen (secondary N) is 1. The van der Waals surface area contributed by atoms with Gasteiger partial charge in [0.25, 0.3) is 0 Å². The van der Waals surface area contributed by atoms with E-state index in [9.17, 15) is 9.90 Å². The van der Waals surface area contributed by atoms with Crippen LogP contribution >= 0.6 is 0 Å². The van der Waals surface area contributed by atoms with E-state index in [0.29, 0.717) is 13.0 Å². The first kappa shape index (κ1) is 16.4. The van der Waals surface area contributed by atoms with Crippen LogP contribution < -0.4 is 5.32 Å². The van der Waals surface area contributed by atoms with Crippen LogP contribution in [0.1, 0.15) is 39.2 Å². The van der Waals surface area contributed by atoms with Gasteiger partial charge in [0.1, 0.15) is 6.04 Å². The zero-order chi connectivity index (χ0) is 16.2. The molecule has 118 valence electrons. The van der Waals surface area contributed by atoms with Crippen molar-refractivity contribution in [2.75, 3.05) is 0 Å². The number of hydrogen-bond donors (Lipinski definition) is 2. The van der Waals surface area contributed by atoms with Crippen molar-refractivity contribution in [2.45, 2.75) is 46.2 Å². The Kier molecular flexibility index (Phi) is 5.14. The number of carboxylic acid groups (broad SMARTS) is 1. The number of aromatic nitrogens is 1. The minimum Gasteiger partial charge on any atom is -0.480 e. The molecule has 0 aliphatic heterocycles. The molecule has 0 saturated carbocycles. The molecule has 4 heteroatoms. The number of fused-ring (bicyclic) bond motifs is 1. The van der Waals surface area contributed by atoms with Crippen molar-refractivity contribution in [1.82, 2.24) is 10.3 Å². The summed E-state index contributed by atoms with van der Waals surface area (Å²) in [5.74, 6) is -0.794. The Labute approximate surface area is 131 Å². The number of carbonyl (C=O) groups is 1. The number of para-hydroxylation sites is 1. The molecule has 1 unspecified atom stereocenters. The molecule has 1 atom stereocenters. The van der Waals surface area contributed by atoms with Crippen LogP contribution in [0.5, 0.6) is 0 Å². The number of nitrogens with zero attached hydrogens (tertiary/aromatic N) is 1. The largest absolute Gasteiger partial charge is 0.480 e. The molecule has 1 aromatic carbocycles. The number of hydrogen-bond acceptors (Lipinski definition) is 3. The molecule has 0 fully saturated rings. The average Bonchev–Trinajstić information content (AvgIpc) is 2.45. The molecular weight excluding hydrogens is 276 g/mol. The summed E-state index contributed by atoms with van der Waals surface area (Å²) in [5, 5.41) is 13.6. The summed E-state index contributed by atoms with van der Waals surface area (Å²) >= 11 is 0. The van der Waals surface area contributed by atoms with E-state index in [2.05, 4.69) is 31.1 Å². The highest BCUT2D eigenvalue weighted by atomic mass is 16.4. The lowest BCUT2D eigenvalue weighted by atomic mass is 9.88. The second-order valence-corrected chi connectivity index (χ2v) is 6.86. The van der Waals surface area contributed by atoms with Gasteiger partial charge < -0.3 is 10.4 Å². The number of benzene rings is 1. The van der Waals surface area contributed by atoms with Crippen LogP contribution in [0.4, 0.5) is 0 Å². The molecule has 0 aliphatic carbocycles. The summed E-state index contributed by atoms with van der Waals surface area (Å²) in [5.41, 5.74) is 2.09. The zero-order valence-corrected chi connectivity index (χ0v) is 13.5. The van der Waals surface area contributed by atoms with Crippen LogP contribution in [0.25, 0.3) is 10.9 Å². The predicted molar refractivity (Wildman–Crippen MR) is 88.7 cm³/mol. The third-order valence-corrected chi connectivity index (χ3v) is 3.74. The average molecular weight is 300 g/mol. The van der Waals surface area contributed by atoms with Crippen LogP contribution in [0.2, 0.25) is 0 Å². The summed E-state index contributed by atoms with van der Waals surface area (Å²) < 4.78 is 0. The van der Waals surface area contributed by atoms with Gasteiger partial charge in [0.15, 0.2) is 0 Å². The minimum atomic E-state index is -0.794. The molecule has 1 aromatic heterocycles. The topological polar surface area (TPSA) is 62.2 Å². The number of aliphatic carboxylic acids is 1. The van der Waals surface area contributed by atoms with E-state index in [1.807, 2.05) is 30.3 Å². The smallest absolute Gasteiger partial charge is 0.320 e. The molecule has 0 amide bonds. The summed E-state index contributed by atoms with van der Waals surface area (Å²) in [6, 6.07) is 9.37. The van der Waals surface area contributed by atoms with Gasteiger partial charge in [-0.05, 0) is 29.9 Å². The van der Waals surface area contributed by atoms with Crippen molar-refractivity contribution in [1.29, 1.82) is 0 Å². The lowest BCUT2D eigenvalue weighted by Gasteiger charge is -2.21. The monoisotopic (exact) mass is 300 g/mol. The second-order valence-electron chi connectivity index (χ2n) is 6.86. The first-order valence-corrected chi connectivity index (χ1v) is 7.66. The maximum absolute atomic E-state index is 11.4. The summed E-state index contributed by atoms with van der Waals surface area (Å²) in [6.45, 7) is 6.89. The van der Waals surface area contributed by atoms with Crippen molar-refractivity contribution in [3.8, 4) is 0 Å². The molecule has 0 radical (unpaired) electrons. The summed E-state index contributed by atoms with van der Waals surface area (Å²) in [4.78, 5) is 15.8. The number of pyridine rings is 1. The van der Waals surface area contributed by atoms with Crippen molar-refractivity contribution in [3.05, 3.63) is 42.1 Å². The van der Waals surface area contributed by atoms with Crippen LogP contribution in [0.15, 0.2) is 36.5 Å². The Balaban J connectivity index is 2.06. The van der Waals surface area contributed by atoms with Crippen molar-refractivity contribution < 1.29 is 9.90 Å². The Bertz CT molecular complexity index is 642. The Morgan fingerprint density at radius 1 is 1.27 bits per heavy atom. The normalized spacial score (nSPS) is 13.2. The highest BCUT2D eigenvalue weighted by molar-refractivity contribution is 5.81. The van der Waals surface area contributed by atoms with Crippen LogP contribution in [0, 0.1) is 5.41 Å². The van der Waals surface area contributed by atoms with Crippen LogP contribution in [0.3, 0.4) is 0 Å². The summed E-state index contributed by atoms with van der Waals surface area (Å²) in [7, 11) is 0. The lowest BCUT2D eigenvalue weighted by molar-refractivity contribution is -0.139. The van der Waals surface area contributed by atoms with Gasteiger partial charge in [-0.2, -0.15) is 0 Å². The molecule has 1 heterocycles. The molecule has 2 rings (SSSR count). The molecule has 0 spiro atoms. The molecule has 22 heavy (non-hydrogen) atoms. The van der Waals surface area contributed by atoms with Gasteiger partial charge >= 0.3 is 5.97 Å². The van der Waals surface area contributed by atoms with Gasteiger partial charge in [-0.3, -0.25) is 9.78 Å². The van der Waals surface area contributed by atoms with E-state index in [1.165, 1.54) is 0 Å². The van der Waals surface area contributed by atoms with Crippen molar-refractivity contribution >= 4 is 16.9 Å². The molecular formula is C18H24N2O2. The SMILES string of the molecule is CC(C)(C)CCC(NCc1cccc2cccnc12)C(=O)O.